The molecular formula is C12H14O5. The monoisotopic (exact) mass is 238 g/mol. The minimum absolute atomic E-state index is 0.0763. The molecular weight excluding hydrogens is 224 g/mol. The standard InChI is InChI=1S/C12H14O5/c1-15-9-4-5-11(16-2)8(6-9)7-10(13)12(14)17-3/h4-6H,7H2,1-3H3. The van der Waals surface area contributed by atoms with Gasteiger partial charge in [0.2, 0.25) is 5.78 Å². The van der Waals surface area contributed by atoms with Crippen LogP contribution in [-0.4, -0.2) is 33.1 Å². The Balaban J connectivity index is 2.95. The molecule has 5 nitrogen and oxygen atoms in total. The Hall–Kier alpha value is -2.04. The van der Waals surface area contributed by atoms with Crippen molar-refractivity contribution in [2.24, 2.45) is 0 Å². The van der Waals surface area contributed by atoms with E-state index in [1.54, 1.807) is 18.2 Å². The summed E-state index contributed by atoms with van der Waals surface area (Å²) in [6, 6.07) is 5.04. The minimum atomic E-state index is -0.866. The molecule has 0 saturated carbocycles. The van der Waals surface area contributed by atoms with Gasteiger partial charge in [0.05, 0.1) is 21.3 Å². The first-order valence-electron chi connectivity index (χ1n) is 4.94. The third-order valence-corrected chi connectivity index (χ3v) is 2.25. The van der Waals surface area contributed by atoms with Crippen LogP contribution in [0, 0.1) is 0 Å². The van der Waals surface area contributed by atoms with Crippen molar-refractivity contribution in [1.82, 2.24) is 0 Å². The number of ketones is 1. The van der Waals surface area contributed by atoms with E-state index in [2.05, 4.69) is 4.74 Å². The van der Waals surface area contributed by atoms with Gasteiger partial charge in [0.1, 0.15) is 11.5 Å². The molecule has 92 valence electrons. The van der Waals surface area contributed by atoms with E-state index in [0.29, 0.717) is 17.1 Å². The molecule has 1 rings (SSSR count). The van der Waals surface area contributed by atoms with Gasteiger partial charge in [-0.05, 0) is 18.2 Å². The van der Waals surface area contributed by atoms with Gasteiger partial charge in [-0.25, -0.2) is 4.79 Å². The van der Waals surface area contributed by atoms with Gasteiger partial charge in [-0.3, -0.25) is 4.79 Å². The zero-order chi connectivity index (χ0) is 12.8. The zero-order valence-electron chi connectivity index (χ0n) is 9.98. The van der Waals surface area contributed by atoms with Gasteiger partial charge in [-0.15, -0.1) is 0 Å². The van der Waals surface area contributed by atoms with E-state index in [1.807, 2.05) is 0 Å². The number of hydrogen-bond donors (Lipinski definition) is 0. The molecule has 0 aliphatic carbocycles. The summed E-state index contributed by atoms with van der Waals surface area (Å²) in [5, 5.41) is 0. The maximum atomic E-state index is 11.4. The lowest BCUT2D eigenvalue weighted by atomic mass is 10.1. The summed E-state index contributed by atoms with van der Waals surface area (Å²) in [5.74, 6) is -0.365. The Labute approximate surface area is 99.3 Å². The lowest BCUT2D eigenvalue weighted by molar-refractivity contribution is -0.151. The van der Waals surface area contributed by atoms with E-state index in [1.165, 1.54) is 21.3 Å². The van der Waals surface area contributed by atoms with Crippen molar-refractivity contribution < 1.29 is 23.8 Å². The Kier molecular flexibility index (Phi) is 4.51. The number of rotatable bonds is 5. The predicted molar refractivity (Wildman–Crippen MR) is 60.3 cm³/mol. The molecule has 0 saturated heterocycles. The number of methoxy groups -OCH3 is 3. The third kappa shape index (κ3) is 3.21. The number of benzene rings is 1. The second kappa shape index (κ2) is 5.89. The summed E-state index contributed by atoms with van der Waals surface area (Å²) in [6.45, 7) is 0. The van der Waals surface area contributed by atoms with Gasteiger partial charge >= 0.3 is 5.97 Å². The van der Waals surface area contributed by atoms with Crippen molar-refractivity contribution in [3.63, 3.8) is 0 Å². The number of ether oxygens (including phenoxy) is 3. The van der Waals surface area contributed by atoms with Crippen molar-refractivity contribution in [3.05, 3.63) is 23.8 Å². The molecule has 1 aromatic carbocycles. The quantitative estimate of drug-likeness (QED) is 0.565. The van der Waals surface area contributed by atoms with Crippen LogP contribution in [0.15, 0.2) is 18.2 Å². The zero-order valence-corrected chi connectivity index (χ0v) is 9.98. The van der Waals surface area contributed by atoms with Crippen molar-refractivity contribution in [2.45, 2.75) is 6.42 Å². The first kappa shape index (κ1) is 13.0. The van der Waals surface area contributed by atoms with Crippen LogP contribution in [0.3, 0.4) is 0 Å². The van der Waals surface area contributed by atoms with Crippen molar-refractivity contribution in [1.29, 1.82) is 0 Å². The van der Waals surface area contributed by atoms with E-state index >= 15 is 0 Å². The first-order chi connectivity index (χ1) is 8.12. The molecule has 0 heterocycles. The van der Waals surface area contributed by atoms with E-state index in [0.717, 1.165) is 0 Å². The topological polar surface area (TPSA) is 61.8 Å². The predicted octanol–water partition coefficient (Wildman–Crippen LogP) is 0.988. The van der Waals surface area contributed by atoms with Crippen LogP contribution >= 0.6 is 0 Å². The molecule has 0 aromatic heterocycles. The molecule has 0 bridgehead atoms. The number of carbonyl (C=O) groups excluding carboxylic acids is 2. The van der Waals surface area contributed by atoms with Crippen LogP contribution in [0.1, 0.15) is 5.56 Å². The molecule has 0 spiro atoms. The fourth-order valence-corrected chi connectivity index (χ4v) is 1.38. The van der Waals surface area contributed by atoms with Crippen LogP contribution in [0.2, 0.25) is 0 Å². The average molecular weight is 238 g/mol. The summed E-state index contributed by atoms with van der Waals surface area (Å²) in [4.78, 5) is 22.5. The lowest BCUT2D eigenvalue weighted by Crippen LogP contribution is -2.18. The molecule has 17 heavy (non-hydrogen) atoms. The van der Waals surface area contributed by atoms with E-state index in [4.69, 9.17) is 9.47 Å². The summed E-state index contributed by atoms with van der Waals surface area (Å²) in [7, 11) is 4.19. The second-order valence-corrected chi connectivity index (χ2v) is 3.27. The van der Waals surface area contributed by atoms with Crippen LogP contribution in [-0.2, 0) is 20.7 Å². The molecule has 5 heteroatoms. The highest BCUT2D eigenvalue weighted by Gasteiger charge is 2.17. The van der Waals surface area contributed by atoms with Gasteiger partial charge < -0.3 is 14.2 Å². The molecule has 0 amide bonds. The van der Waals surface area contributed by atoms with Crippen molar-refractivity contribution >= 4 is 11.8 Å². The van der Waals surface area contributed by atoms with E-state index < -0.39 is 11.8 Å². The lowest BCUT2D eigenvalue weighted by Gasteiger charge is -2.09. The Bertz CT molecular complexity index is 425. The molecule has 0 N–H and O–H groups in total. The number of Topliss-reactive ketones (excluding diaryl/α,β-unsaturated/α-hetero) is 1. The summed E-state index contributed by atoms with van der Waals surface area (Å²) >= 11 is 0. The summed E-state index contributed by atoms with van der Waals surface area (Å²) < 4.78 is 14.5. The summed E-state index contributed by atoms with van der Waals surface area (Å²) in [5.41, 5.74) is 0.585. The van der Waals surface area contributed by atoms with E-state index in [9.17, 15) is 9.59 Å². The normalized spacial score (nSPS) is 9.59. The Morgan fingerprint density at radius 2 is 1.82 bits per heavy atom. The molecule has 0 atom stereocenters. The fraction of sp³-hybridized carbons (Fsp3) is 0.333. The third-order valence-electron chi connectivity index (χ3n) is 2.25. The number of hydrogen-bond acceptors (Lipinski definition) is 5. The first-order valence-corrected chi connectivity index (χ1v) is 4.94. The van der Waals surface area contributed by atoms with Crippen molar-refractivity contribution in [3.8, 4) is 11.5 Å². The smallest absolute Gasteiger partial charge is 0.374 e. The van der Waals surface area contributed by atoms with Gasteiger partial charge in [-0.1, -0.05) is 0 Å². The second-order valence-electron chi connectivity index (χ2n) is 3.27. The van der Waals surface area contributed by atoms with Gasteiger partial charge in [-0.2, -0.15) is 0 Å². The highest BCUT2D eigenvalue weighted by Crippen LogP contribution is 2.24. The SMILES string of the molecule is COC(=O)C(=O)Cc1cc(OC)ccc1OC. The highest BCUT2D eigenvalue weighted by molar-refractivity contribution is 6.34. The van der Waals surface area contributed by atoms with Gasteiger partial charge in [0, 0.05) is 12.0 Å². The molecule has 0 fully saturated rings. The van der Waals surface area contributed by atoms with Crippen LogP contribution in [0.25, 0.3) is 0 Å². The molecule has 0 unspecified atom stereocenters. The molecule has 0 aliphatic rings. The maximum Gasteiger partial charge on any atom is 0.374 e. The van der Waals surface area contributed by atoms with Crippen LogP contribution in [0.4, 0.5) is 0 Å². The van der Waals surface area contributed by atoms with Gasteiger partial charge in [0.25, 0.3) is 0 Å². The Morgan fingerprint density at radius 1 is 1.12 bits per heavy atom. The summed E-state index contributed by atoms with van der Waals surface area (Å²) in [6.07, 6.45) is -0.0763. The van der Waals surface area contributed by atoms with Crippen LogP contribution in [0.5, 0.6) is 11.5 Å². The highest BCUT2D eigenvalue weighted by atomic mass is 16.5. The fourth-order valence-electron chi connectivity index (χ4n) is 1.38. The molecule has 0 aliphatic heterocycles. The average Bonchev–Trinajstić information content (AvgIpc) is 2.37. The Morgan fingerprint density at radius 3 is 2.35 bits per heavy atom. The van der Waals surface area contributed by atoms with Crippen LogP contribution < -0.4 is 9.47 Å². The minimum Gasteiger partial charge on any atom is -0.497 e. The van der Waals surface area contributed by atoms with E-state index in [-0.39, 0.29) is 6.42 Å². The largest absolute Gasteiger partial charge is 0.497 e. The molecule has 0 radical (unpaired) electrons. The maximum absolute atomic E-state index is 11.4. The van der Waals surface area contributed by atoms with Crippen molar-refractivity contribution in [2.75, 3.05) is 21.3 Å². The number of esters is 1. The number of carbonyl (C=O) groups is 2. The van der Waals surface area contributed by atoms with Gasteiger partial charge in [0.15, 0.2) is 0 Å². The molecule has 1 aromatic rings.